The van der Waals surface area contributed by atoms with E-state index >= 15 is 0 Å². The Morgan fingerprint density at radius 1 is 1.14 bits per heavy atom. The molecule has 28 heavy (non-hydrogen) atoms. The molecule has 0 aliphatic rings. The molecule has 0 unspecified atom stereocenters. The minimum absolute atomic E-state index is 0. The van der Waals surface area contributed by atoms with Crippen LogP contribution in [0.1, 0.15) is 23.9 Å². The molecule has 1 aromatic carbocycles. The minimum Gasteiger partial charge on any atom is -0.496 e. The number of halogens is 1. The molecule has 3 aromatic rings. The standard InChI is InChI=1S/C21H27N5O.HI/c1-4-22-21(23-13-12-17-9-5-6-10-19(17)27-3)24-14-18-15-26-16(2)8-7-11-20(26)25-18;/h5-11,15H,4,12-14H2,1-3H3,(H2,22,23,24);1H. The Hall–Kier alpha value is -2.29. The average molecular weight is 493 g/mol. The van der Waals surface area contributed by atoms with Crippen molar-refractivity contribution in [1.29, 1.82) is 0 Å². The lowest BCUT2D eigenvalue weighted by Crippen LogP contribution is -2.38. The van der Waals surface area contributed by atoms with Crippen LogP contribution < -0.4 is 15.4 Å². The molecular weight excluding hydrogens is 465 g/mol. The number of rotatable bonds is 7. The molecule has 0 aliphatic carbocycles. The van der Waals surface area contributed by atoms with Crippen LogP contribution in [0, 0.1) is 6.92 Å². The van der Waals surface area contributed by atoms with E-state index in [1.54, 1.807) is 7.11 Å². The van der Waals surface area contributed by atoms with Gasteiger partial charge in [0.05, 0.1) is 19.3 Å². The molecule has 150 valence electrons. The van der Waals surface area contributed by atoms with Crippen molar-refractivity contribution >= 4 is 35.6 Å². The summed E-state index contributed by atoms with van der Waals surface area (Å²) in [5, 5.41) is 6.67. The van der Waals surface area contributed by atoms with Crippen LogP contribution >= 0.6 is 24.0 Å². The molecule has 0 aliphatic heterocycles. The molecule has 0 fully saturated rings. The molecule has 0 saturated carbocycles. The molecule has 0 atom stereocenters. The van der Waals surface area contributed by atoms with E-state index in [-0.39, 0.29) is 24.0 Å². The summed E-state index contributed by atoms with van der Waals surface area (Å²) in [6, 6.07) is 14.2. The van der Waals surface area contributed by atoms with Gasteiger partial charge in [0.15, 0.2) is 5.96 Å². The Labute approximate surface area is 183 Å². The van der Waals surface area contributed by atoms with Crippen LogP contribution in [0.5, 0.6) is 5.75 Å². The maximum absolute atomic E-state index is 5.41. The van der Waals surface area contributed by atoms with Crippen LogP contribution in [0.4, 0.5) is 0 Å². The molecule has 6 nitrogen and oxygen atoms in total. The highest BCUT2D eigenvalue weighted by atomic mass is 127. The average Bonchev–Trinajstić information content (AvgIpc) is 3.11. The molecule has 0 bridgehead atoms. The van der Waals surface area contributed by atoms with Crippen molar-refractivity contribution in [3.8, 4) is 5.75 Å². The predicted molar refractivity (Wildman–Crippen MR) is 125 cm³/mol. The highest BCUT2D eigenvalue weighted by molar-refractivity contribution is 14.0. The maximum Gasteiger partial charge on any atom is 0.191 e. The Balaban J connectivity index is 0.00000280. The fraction of sp³-hybridized carbons (Fsp3) is 0.333. The van der Waals surface area contributed by atoms with Crippen molar-refractivity contribution in [2.24, 2.45) is 4.99 Å². The zero-order valence-electron chi connectivity index (χ0n) is 16.6. The molecule has 2 heterocycles. The number of aryl methyl sites for hydroxylation is 1. The van der Waals surface area contributed by atoms with E-state index in [1.165, 1.54) is 5.56 Å². The Kier molecular flexibility index (Phi) is 8.56. The number of pyridine rings is 1. The van der Waals surface area contributed by atoms with Crippen LogP contribution in [0.2, 0.25) is 0 Å². The molecule has 2 aromatic heterocycles. The zero-order valence-corrected chi connectivity index (χ0v) is 18.9. The van der Waals surface area contributed by atoms with Crippen LogP contribution in [-0.2, 0) is 13.0 Å². The number of fused-ring (bicyclic) bond motifs is 1. The van der Waals surface area contributed by atoms with Gasteiger partial charge in [0.1, 0.15) is 11.4 Å². The first-order valence-electron chi connectivity index (χ1n) is 9.29. The lowest BCUT2D eigenvalue weighted by atomic mass is 10.1. The second-order valence-corrected chi connectivity index (χ2v) is 6.31. The van der Waals surface area contributed by atoms with Crippen molar-refractivity contribution in [1.82, 2.24) is 20.0 Å². The summed E-state index contributed by atoms with van der Waals surface area (Å²) in [7, 11) is 1.70. The summed E-state index contributed by atoms with van der Waals surface area (Å²) in [6.45, 7) is 6.25. The molecular formula is C21H28IN5O. The van der Waals surface area contributed by atoms with Crippen LogP contribution in [0.25, 0.3) is 5.65 Å². The summed E-state index contributed by atoms with van der Waals surface area (Å²) in [4.78, 5) is 9.31. The van der Waals surface area contributed by atoms with Crippen molar-refractivity contribution < 1.29 is 4.74 Å². The highest BCUT2D eigenvalue weighted by Crippen LogP contribution is 2.17. The smallest absolute Gasteiger partial charge is 0.191 e. The number of nitrogens with one attached hydrogen (secondary N) is 2. The largest absolute Gasteiger partial charge is 0.496 e. The number of benzene rings is 1. The van der Waals surface area contributed by atoms with E-state index in [4.69, 9.17) is 4.74 Å². The third kappa shape index (κ3) is 5.60. The number of ether oxygens (including phenoxy) is 1. The first-order valence-corrected chi connectivity index (χ1v) is 9.29. The molecule has 0 saturated heterocycles. The normalized spacial score (nSPS) is 11.2. The molecule has 3 rings (SSSR count). The van der Waals surface area contributed by atoms with Crippen molar-refractivity contribution in [3.05, 3.63) is 65.6 Å². The number of methoxy groups -OCH3 is 1. The first kappa shape index (κ1) is 22.0. The molecule has 7 heteroatoms. The summed E-state index contributed by atoms with van der Waals surface area (Å²) in [6.07, 6.45) is 2.91. The Bertz CT molecular complexity index is 922. The highest BCUT2D eigenvalue weighted by Gasteiger charge is 2.05. The molecule has 0 amide bonds. The van der Waals surface area contributed by atoms with Crippen molar-refractivity contribution in [2.75, 3.05) is 20.2 Å². The van der Waals surface area contributed by atoms with E-state index < -0.39 is 0 Å². The SMILES string of the molecule is CCNC(=NCc1cn2c(C)cccc2n1)NCCc1ccccc1OC.I. The number of hydrogen-bond acceptors (Lipinski definition) is 3. The van der Waals surface area contributed by atoms with Crippen molar-refractivity contribution in [2.45, 2.75) is 26.8 Å². The van der Waals surface area contributed by atoms with E-state index in [9.17, 15) is 0 Å². The number of nitrogens with zero attached hydrogens (tertiary/aromatic N) is 3. The number of aromatic nitrogens is 2. The zero-order chi connectivity index (χ0) is 19.1. The van der Waals surface area contributed by atoms with Gasteiger partial charge in [0, 0.05) is 25.0 Å². The topological polar surface area (TPSA) is 63.0 Å². The second kappa shape index (κ2) is 10.9. The van der Waals surface area contributed by atoms with Gasteiger partial charge in [0.25, 0.3) is 0 Å². The van der Waals surface area contributed by atoms with Gasteiger partial charge in [-0.05, 0) is 44.0 Å². The predicted octanol–water partition coefficient (Wildman–Crippen LogP) is 3.57. The van der Waals surface area contributed by atoms with Gasteiger partial charge in [-0.15, -0.1) is 24.0 Å². The van der Waals surface area contributed by atoms with Crippen molar-refractivity contribution in [3.63, 3.8) is 0 Å². The van der Waals surface area contributed by atoms with E-state index in [1.807, 2.05) is 36.5 Å². The number of aliphatic imine (C=N–C) groups is 1. The van der Waals surface area contributed by atoms with E-state index in [2.05, 4.69) is 51.0 Å². The molecule has 0 spiro atoms. The number of para-hydroxylation sites is 1. The summed E-state index contributed by atoms with van der Waals surface area (Å²) < 4.78 is 7.50. The van der Waals surface area contributed by atoms with Gasteiger partial charge >= 0.3 is 0 Å². The van der Waals surface area contributed by atoms with Gasteiger partial charge in [-0.25, -0.2) is 9.98 Å². The Morgan fingerprint density at radius 2 is 1.96 bits per heavy atom. The first-order chi connectivity index (χ1) is 13.2. The molecule has 0 radical (unpaired) electrons. The van der Waals surface area contributed by atoms with Gasteiger partial charge in [-0.2, -0.15) is 0 Å². The maximum atomic E-state index is 5.41. The third-order valence-corrected chi connectivity index (χ3v) is 4.37. The number of hydrogen-bond donors (Lipinski definition) is 2. The minimum atomic E-state index is 0. The lowest BCUT2D eigenvalue weighted by Gasteiger charge is -2.12. The van der Waals surface area contributed by atoms with Crippen LogP contribution in [0.15, 0.2) is 53.7 Å². The quantitative estimate of drug-likeness (QED) is 0.300. The van der Waals surface area contributed by atoms with E-state index in [0.29, 0.717) is 6.54 Å². The lowest BCUT2D eigenvalue weighted by molar-refractivity contribution is 0.409. The molecule has 2 N–H and O–H groups in total. The van der Waals surface area contributed by atoms with E-state index in [0.717, 1.165) is 48.3 Å². The Morgan fingerprint density at radius 3 is 2.71 bits per heavy atom. The van der Waals surface area contributed by atoms with Gasteiger partial charge in [-0.3, -0.25) is 0 Å². The third-order valence-electron chi connectivity index (χ3n) is 4.37. The summed E-state index contributed by atoms with van der Waals surface area (Å²) >= 11 is 0. The fourth-order valence-corrected chi connectivity index (χ4v) is 3.00. The van der Waals surface area contributed by atoms with Gasteiger partial charge < -0.3 is 19.8 Å². The summed E-state index contributed by atoms with van der Waals surface area (Å²) in [5.74, 6) is 1.71. The van der Waals surface area contributed by atoms with Crippen LogP contribution in [0.3, 0.4) is 0 Å². The van der Waals surface area contributed by atoms with Gasteiger partial charge in [0.2, 0.25) is 0 Å². The number of imidazole rings is 1. The second-order valence-electron chi connectivity index (χ2n) is 6.31. The fourth-order valence-electron chi connectivity index (χ4n) is 3.00. The monoisotopic (exact) mass is 493 g/mol. The number of guanidine groups is 1. The van der Waals surface area contributed by atoms with Crippen LogP contribution in [-0.4, -0.2) is 35.5 Å². The van der Waals surface area contributed by atoms with Gasteiger partial charge in [-0.1, -0.05) is 24.3 Å². The summed E-state index contributed by atoms with van der Waals surface area (Å²) in [5.41, 5.74) is 4.25.